The Labute approximate surface area is 160 Å². The molecule has 8 heteroatoms. The van der Waals surface area contributed by atoms with Gasteiger partial charge in [-0.3, -0.25) is 0 Å². The van der Waals surface area contributed by atoms with Crippen molar-refractivity contribution in [2.75, 3.05) is 0 Å². The summed E-state index contributed by atoms with van der Waals surface area (Å²) in [6.45, 7) is -0.205. The van der Waals surface area contributed by atoms with Crippen LogP contribution >= 0.6 is 0 Å². The molecule has 8 nitrogen and oxygen atoms in total. The lowest BCUT2D eigenvalue weighted by Gasteiger charge is -2.18. The maximum atomic E-state index is 12.5. The number of amides is 3. The zero-order chi connectivity index (χ0) is 19.8. The van der Waals surface area contributed by atoms with Gasteiger partial charge in [0.25, 0.3) is 0 Å². The fraction of sp³-hybridized carbons (Fsp3) is 0.100. The van der Waals surface area contributed by atoms with Crippen molar-refractivity contribution in [3.8, 4) is 0 Å². The highest BCUT2D eigenvalue weighted by Gasteiger charge is 2.33. The summed E-state index contributed by atoms with van der Waals surface area (Å²) in [5.41, 5.74) is 1.42. The molecule has 1 heterocycles. The van der Waals surface area contributed by atoms with Crippen LogP contribution in [0, 0.1) is 0 Å². The van der Waals surface area contributed by atoms with E-state index in [2.05, 4.69) is 5.10 Å². The molecule has 0 aliphatic carbocycles. The Balaban J connectivity index is 1.71. The van der Waals surface area contributed by atoms with Crippen LogP contribution in [0.15, 0.2) is 79.1 Å². The maximum absolute atomic E-state index is 12.5. The number of carbonyl (C=O) groups is 3. The van der Waals surface area contributed by atoms with E-state index < -0.39 is 18.2 Å². The van der Waals surface area contributed by atoms with E-state index in [-0.39, 0.29) is 18.1 Å². The van der Waals surface area contributed by atoms with E-state index in [4.69, 9.17) is 9.47 Å². The van der Waals surface area contributed by atoms with E-state index in [1.807, 2.05) is 12.1 Å². The molecule has 0 fully saturated rings. The number of benzene rings is 2. The lowest BCUT2D eigenvalue weighted by molar-refractivity contribution is 0.0785. The molecular weight excluding hydrogens is 362 g/mol. The lowest BCUT2D eigenvalue weighted by Crippen LogP contribution is -2.44. The molecule has 0 unspecified atom stereocenters. The van der Waals surface area contributed by atoms with Crippen LogP contribution in [0.4, 0.5) is 14.4 Å². The van der Waals surface area contributed by atoms with Gasteiger partial charge in [-0.15, -0.1) is 4.90 Å². The van der Waals surface area contributed by atoms with Crippen molar-refractivity contribution in [3.63, 3.8) is 0 Å². The Kier molecular flexibility index (Phi) is 6.14. The fourth-order valence-corrected chi connectivity index (χ4v) is 2.28. The second kappa shape index (κ2) is 9.13. The second-order valence-corrected chi connectivity index (χ2v) is 5.65. The molecule has 1 aromatic heterocycles. The van der Waals surface area contributed by atoms with Crippen molar-refractivity contribution >= 4 is 18.2 Å². The molecule has 0 aliphatic rings. The topological polar surface area (TPSA) is 90.7 Å². The molecule has 0 saturated heterocycles. The first-order chi connectivity index (χ1) is 13.6. The Bertz CT molecular complexity index is 871. The quantitative estimate of drug-likeness (QED) is 0.684. The molecule has 28 heavy (non-hydrogen) atoms. The molecule has 0 N–H and O–H groups in total. The summed E-state index contributed by atoms with van der Waals surface area (Å²) in [4.78, 5) is 37.7. The number of rotatable bonds is 4. The second-order valence-electron chi connectivity index (χ2n) is 5.65. The average Bonchev–Trinajstić information content (AvgIpc) is 3.27. The zero-order valence-electron chi connectivity index (χ0n) is 14.8. The Hall–Kier alpha value is -3.94. The van der Waals surface area contributed by atoms with Gasteiger partial charge in [-0.2, -0.15) is 9.78 Å². The predicted octanol–water partition coefficient (Wildman–Crippen LogP) is 3.83. The first-order valence-electron chi connectivity index (χ1n) is 8.40. The van der Waals surface area contributed by atoms with Crippen molar-refractivity contribution in [2.24, 2.45) is 0 Å². The summed E-state index contributed by atoms with van der Waals surface area (Å²) in [7, 11) is 0. The van der Waals surface area contributed by atoms with Crippen LogP contribution in [0.2, 0.25) is 0 Å². The molecule has 0 aliphatic heterocycles. The number of imide groups is 3. The SMILES string of the molecule is O=C(OCc1ccccc1)N(C(=O)OCc1ccccc1)C(=O)n1cccn1. The van der Waals surface area contributed by atoms with E-state index >= 15 is 0 Å². The molecule has 3 aromatic rings. The van der Waals surface area contributed by atoms with Crippen molar-refractivity contribution in [2.45, 2.75) is 13.2 Å². The minimum atomic E-state index is -1.15. The average molecular weight is 379 g/mol. The van der Waals surface area contributed by atoms with Crippen LogP contribution in [0.25, 0.3) is 0 Å². The lowest BCUT2D eigenvalue weighted by atomic mass is 10.2. The molecule has 0 radical (unpaired) electrons. The van der Waals surface area contributed by atoms with E-state index in [1.54, 1.807) is 48.5 Å². The van der Waals surface area contributed by atoms with Crippen molar-refractivity contribution in [3.05, 3.63) is 90.3 Å². The van der Waals surface area contributed by atoms with Crippen LogP contribution in [-0.4, -0.2) is 32.9 Å². The molecule has 0 saturated carbocycles. The highest BCUT2D eigenvalue weighted by Crippen LogP contribution is 2.09. The molecule has 0 atom stereocenters. The molecule has 0 spiro atoms. The normalized spacial score (nSPS) is 10.1. The number of nitrogens with zero attached hydrogens (tertiary/aromatic N) is 3. The van der Waals surface area contributed by atoms with Crippen molar-refractivity contribution < 1.29 is 23.9 Å². The number of carbonyl (C=O) groups excluding carboxylic acids is 3. The van der Waals surface area contributed by atoms with Gasteiger partial charge in [0.2, 0.25) is 0 Å². The highest BCUT2D eigenvalue weighted by atomic mass is 16.6. The smallest absolute Gasteiger partial charge is 0.428 e. The third kappa shape index (κ3) is 4.82. The molecule has 2 aromatic carbocycles. The van der Waals surface area contributed by atoms with Crippen molar-refractivity contribution in [1.82, 2.24) is 14.7 Å². The Morgan fingerprint density at radius 2 is 1.29 bits per heavy atom. The predicted molar refractivity (Wildman–Crippen MR) is 98.1 cm³/mol. The van der Waals surface area contributed by atoms with Gasteiger partial charge in [-0.05, 0) is 17.2 Å². The Morgan fingerprint density at radius 3 is 1.71 bits per heavy atom. The van der Waals surface area contributed by atoms with Gasteiger partial charge in [-0.1, -0.05) is 60.7 Å². The van der Waals surface area contributed by atoms with E-state index in [0.29, 0.717) is 11.1 Å². The van der Waals surface area contributed by atoms with Crippen molar-refractivity contribution in [1.29, 1.82) is 0 Å². The molecule has 3 rings (SSSR count). The molecule has 0 bridgehead atoms. The van der Waals surface area contributed by atoms with Gasteiger partial charge in [-0.25, -0.2) is 14.4 Å². The minimum Gasteiger partial charge on any atom is -0.444 e. The van der Waals surface area contributed by atoms with Crippen LogP contribution in [0.3, 0.4) is 0 Å². The van der Waals surface area contributed by atoms with E-state index in [0.717, 1.165) is 4.68 Å². The van der Waals surface area contributed by atoms with Gasteiger partial charge < -0.3 is 9.47 Å². The van der Waals surface area contributed by atoms with Gasteiger partial charge in [0.05, 0.1) is 0 Å². The standard InChI is InChI=1S/C20H17N3O5/c24-18(22-13-7-12-21-22)23(19(25)27-14-16-8-3-1-4-9-16)20(26)28-15-17-10-5-2-6-11-17/h1-13H,14-15H2. The monoisotopic (exact) mass is 379 g/mol. The Morgan fingerprint density at radius 1 is 0.786 bits per heavy atom. The highest BCUT2D eigenvalue weighted by molar-refractivity contribution is 6.06. The fourth-order valence-electron chi connectivity index (χ4n) is 2.28. The van der Waals surface area contributed by atoms with Gasteiger partial charge in [0.1, 0.15) is 13.2 Å². The van der Waals surface area contributed by atoms with Crippen LogP contribution in [0.5, 0.6) is 0 Å². The number of hydrogen-bond donors (Lipinski definition) is 0. The van der Waals surface area contributed by atoms with Crippen LogP contribution in [0.1, 0.15) is 11.1 Å². The number of hydrogen-bond acceptors (Lipinski definition) is 6. The number of aromatic nitrogens is 2. The maximum Gasteiger partial charge on any atom is 0.428 e. The summed E-state index contributed by atoms with van der Waals surface area (Å²) in [6, 6.07) is 18.3. The summed E-state index contributed by atoms with van der Waals surface area (Å²) < 4.78 is 11.1. The minimum absolute atomic E-state index is 0.103. The summed E-state index contributed by atoms with van der Waals surface area (Å²) in [5.74, 6) is 0. The first-order valence-corrected chi connectivity index (χ1v) is 8.40. The molecular formula is C20H17N3O5. The van der Waals surface area contributed by atoms with E-state index in [1.165, 1.54) is 18.5 Å². The third-order valence-electron chi connectivity index (χ3n) is 3.67. The van der Waals surface area contributed by atoms with E-state index in [9.17, 15) is 14.4 Å². The van der Waals surface area contributed by atoms with Gasteiger partial charge in [0.15, 0.2) is 0 Å². The summed E-state index contributed by atoms with van der Waals surface area (Å²) >= 11 is 0. The number of ether oxygens (including phenoxy) is 2. The largest absolute Gasteiger partial charge is 0.444 e. The van der Waals surface area contributed by atoms with Gasteiger partial charge >= 0.3 is 18.2 Å². The van der Waals surface area contributed by atoms with Gasteiger partial charge in [0, 0.05) is 12.4 Å². The molecule has 142 valence electrons. The summed E-state index contributed by atoms with van der Waals surface area (Å²) in [5, 5.41) is 3.75. The summed E-state index contributed by atoms with van der Waals surface area (Å²) in [6.07, 6.45) is 0.357. The zero-order valence-corrected chi connectivity index (χ0v) is 14.8. The third-order valence-corrected chi connectivity index (χ3v) is 3.67. The molecule has 3 amide bonds. The van der Waals surface area contributed by atoms with Crippen LogP contribution in [-0.2, 0) is 22.7 Å². The first kappa shape index (κ1) is 18.8. The van der Waals surface area contributed by atoms with Crippen LogP contribution < -0.4 is 0 Å².